The summed E-state index contributed by atoms with van der Waals surface area (Å²) in [6.07, 6.45) is 0.709. The zero-order chi connectivity index (χ0) is 19.0. The Morgan fingerprint density at radius 3 is 2.46 bits per heavy atom. The average molecular weight is 372 g/mol. The molecule has 0 heterocycles. The van der Waals surface area contributed by atoms with Crippen LogP contribution < -0.4 is 21.5 Å². The van der Waals surface area contributed by atoms with Gasteiger partial charge in [0.05, 0.1) is 11.3 Å². The number of alkyl halides is 3. The third kappa shape index (κ3) is 6.45. The number of carbonyl (C=O) groups excluding carboxylic acids is 2. The Kier molecular flexibility index (Phi) is 7.11. The number of halogens is 3. The molecule has 0 bridgehead atoms. The highest BCUT2D eigenvalue weighted by Gasteiger charge is 2.33. The van der Waals surface area contributed by atoms with Gasteiger partial charge in [0.2, 0.25) is 5.91 Å². The van der Waals surface area contributed by atoms with Crippen LogP contribution in [0.5, 0.6) is 0 Å². The van der Waals surface area contributed by atoms with E-state index in [1.165, 1.54) is 24.6 Å². The SMILES string of the molecule is O=C(CCNC(=O)NC1CCCCC1)NNc1ccccc1C(F)(F)F. The van der Waals surface area contributed by atoms with Gasteiger partial charge in [-0.3, -0.25) is 15.6 Å². The number of hydrazine groups is 1. The summed E-state index contributed by atoms with van der Waals surface area (Å²) in [7, 11) is 0. The van der Waals surface area contributed by atoms with E-state index in [2.05, 4.69) is 21.5 Å². The first-order valence-electron chi connectivity index (χ1n) is 8.61. The van der Waals surface area contributed by atoms with Crippen molar-refractivity contribution < 1.29 is 22.8 Å². The standard InChI is InChI=1S/C17H23F3N4O2/c18-17(19,20)13-8-4-5-9-14(13)23-24-15(25)10-11-21-16(26)22-12-6-2-1-3-7-12/h4-5,8-9,12,23H,1-3,6-7,10-11H2,(H,24,25)(H2,21,22,26). The number of para-hydroxylation sites is 1. The van der Waals surface area contributed by atoms with Crippen LogP contribution in [0, 0.1) is 0 Å². The molecule has 1 aliphatic rings. The molecule has 1 aliphatic carbocycles. The summed E-state index contributed by atoms with van der Waals surface area (Å²) in [4.78, 5) is 23.5. The minimum absolute atomic E-state index is 0.0563. The third-order valence-corrected chi connectivity index (χ3v) is 4.15. The van der Waals surface area contributed by atoms with E-state index in [9.17, 15) is 22.8 Å². The van der Waals surface area contributed by atoms with Crippen molar-refractivity contribution in [3.05, 3.63) is 29.8 Å². The molecule has 144 valence electrons. The maximum absolute atomic E-state index is 12.8. The highest BCUT2D eigenvalue weighted by Crippen LogP contribution is 2.34. The summed E-state index contributed by atoms with van der Waals surface area (Å²) in [5, 5.41) is 5.43. The topological polar surface area (TPSA) is 82.3 Å². The van der Waals surface area contributed by atoms with Gasteiger partial charge in [-0.15, -0.1) is 0 Å². The fraction of sp³-hybridized carbons (Fsp3) is 0.529. The van der Waals surface area contributed by atoms with Gasteiger partial charge in [0, 0.05) is 19.0 Å². The van der Waals surface area contributed by atoms with E-state index in [-0.39, 0.29) is 30.7 Å². The van der Waals surface area contributed by atoms with E-state index in [1.54, 1.807) is 0 Å². The fourth-order valence-corrected chi connectivity index (χ4v) is 2.81. The molecule has 1 saturated carbocycles. The molecule has 1 fully saturated rings. The van der Waals surface area contributed by atoms with Crippen molar-refractivity contribution >= 4 is 17.6 Å². The quantitative estimate of drug-likeness (QED) is 0.579. The Hall–Kier alpha value is -2.45. The number of nitrogens with one attached hydrogen (secondary N) is 4. The summed E-state index contributed by atoms with van der Waals surface area (Å²) in [5.41, 5.74) is 3.37. The lowest BCUT2D eigenvalue weighted by Crippen LogP contribution is -2.44. The van der Waals surface area contributed by atoms with Gasteiger partial charge in [-0.05, 0) is 25.0 Å². The maximum Gasteiger partial charge on any atom is 0.418 e. The van der Waals surface area contributed by atoms with Gasteiger partial charge in [-0.1, -0.05) is 31.4 Å². The molecule has 4 N–H and O–H groups in total. The Bertz CT molecular complexity index is 616. The first kappa shape index (κ1) is 19.9. The molecular formula is C17H23F3N4O2. The van der Waals surface area contributed by atoms with Crippen LogP contribution >= 0.6 is 0 Å². The van der Waals surface area contributed by atoms with Crippen molar-refractivity contribution in [3.8, 4) is 0 Å². The second-order valence-corrected chi connectivity index (χ2v) is 6.20. The van der Waals surface area contributed by atoms with Crippen LogP contribution in [-0.2, 0) is 11.0 Å². The smallest absolute Gasteiger partial charge is 0.338 e. The molecule has 0 atom stereocenters. The summed E-state index contributed by atoms with van der Waals surface area (Å²) in [5.74, 6) is -0.528. The number of anilines is 1. The van der Waals surface area contributed by atoms with E-state index >= 15 is 0 Å². The Morgan fingerprint density at radius 2 is 1.77 bits per heavy atom. The van der Waals surface area contributed by atoms with Crippen molar-refractivity contribution in [2.24, 2.45) is 0 Å². The first-order chi connectivity index (χ1) is 12.4. The monoisotopic (exact) mass is 372 g/mol. The molecule has 1 aromatic carbocycles. The van der Waals surface area contributed by atoms with Gasteiger partial charge in [0.15, 0.2) is 0 Å². The van der Waals surface area contributed by atoms with Crippen LogP contribution in [-0.4, -0.2) is 24.5 Å². The summed E-state index contributed by atoms with van der Waals surface area (Å²) < 4.78 is 38.5. The first-order valence-corrected chi connectivity index (χ1v) is 8.61. The minimum atomic E-state index is -4.52. The molecule has 0 spiro atoms. The van der Waals surface area contributed by atoms with E-state index in [1.807, 2.05) is 0 Å². The van der Waals surface area contributed by atoms with E-state index in [0.29, 0.717) is 0 Å². The van der Waals surface area contributed by atoms with Crippen molar-refractivity contribution in [1.29, 1.82) is 0 Å². The van der Waals surface area contributed by atoms with E-state index in [4.69, 9.17) is 0 Å². The molecule has 0 radical (unpaired) electrons. The highest BCUT2D eigenvalue weighted by molar-refractivity contribution is 5.79. The summed E-state index contributed by atoms with van der Waals surface area (Å²) in [6, 6.07) is 4.68. The fourth-order valence-electron chi connectivity index (χ4n) is 2.81. The Morgan fingerprint density at radius 1 is 1.08 bits per heavy atom. The molecule has 1 aromatic rings. The lowest BCUT2D eigenvalue weighted by molar-refractivity contribution is -0.137. The highest BCUT2D eigenvalue weighted by atomic mass is 19.4. The second-order valence-electron chi connectivity index (χ2n) is 6.20. The molecular weight excluding hydrogens is 349 g/mol. The molecule has 0 aliphatic heterocycles. The van der Waals surface area contributed by atoms with Crippen molar-refractivity contribution in [3.63, 3.8) is 0 Å². The number of rotatable bonds is 6. The second kappa shape index (κ2) is 9.30. The van der Waals surface area contributed by atoms with Crippen LogP contribution in [0.25, 0.3) is 0 Å². The number of urea groups is 1. The Labute approximate surface area is 149 Å². The Balaban J connectivity index is 1.69. The summed E-state index contributed by atoms with van der Waals surface area (Å²) >= 11 is 0. The minimum Gasteiger partial charge on any atom is -0.338 e. The van der Waals surface area contributed by atoms with Crippen LogP contribution in [0.15, 0.2) is 24.3 Å². The molecule has 9 heteroatoms. The maximum atomic E-state index is 12.8. The molecule has 0 unspecified atom stereocenters. The molecule has 6 nitrogen and oxygen atoms in total. The lowest BCUT2D eigenvalue weighted by Gasteiger charge is -2.22. The third-order valence-electron chi connectivity index (χ3n) is 4.15. The van der Waals surface area contributed by atoms with Gasteiger partial charge in [0.1, 0.15) is 0 Å². The normalized spacial score (nSPS) is 15.2. The molecule has 3 amide bonds. The molecule has 2 rings (SSSR count). The largest absolute Gasteiger partial charge is 0.418 e. The van der Waals surface area contributed by atoms with Crippen LogP contribution in [0.1, 0.15) is 44.1 Å². The zero-order valence-electron chi connectivity index (χ0n) is 14.3. The number of amides is 3. The van der Waals surface area contributed by atoms with Gasteiger partial charge < -0.3 is 10.6 Å². The van der Waals surface area contributed by atoms with Gasteiger partial charge in [-0.2, -0.15) is 13.2 Å². The van der Waals surface area contributed by atoms with Crippen LogP contribution in [0.4, 0.5) is 23.7 Å². The van der Waals surface area contributed by atoms with Gasteiger partial charge in [-0.25, -0.2) is 4.79 Å². The van der Waals surface area contributed by atoms with Crippen molar-refractivity contribution in [2.45, 2.75) is 50.7 Å². The molecule has 0 saturated heterocycles. The molecule has 26 heavy (non-hydrogen) atoms. The zero-order valence-corrected chi connectivity index (χ0v) is 14.3. The number of hydrogen-bond acceptors (Lipinski definition) is 3. The van der Waals surface area contributed by atoms with Crippen LogP contribution in [0.3, 0.4) is 0 Å². The van der Waals surface area contributed by atoms with Gasteiger partial charge in [0.25, 0.3) is 0 Å². The number of carbonyl (C=O) groups is 2. The van der Waals surface area contributed by atoms with Crippen molar-refractivity contribution in [2.75, 3.05) is 12.0 Å². The van der Waals surface area contributed by atoms with E-state index in [0.717, 1.165) is 31.7 Å². The number of hydrogen-bond donors (Lipinski definition) is 4. The number of benzene rings is 1. The van der Waals surface area contributed by atoms with Gasteiger partial charge >= 0.3 is 12.2 Å². The molecule has 0 aromatic heterocycles. The van der Waals surface area contributed by atoms with Crippen LogP contribution in [0.2, 0.25) is 0 Å². The average Bonchev–Trinajstić information content (AvgIpc) is 2.60. The summed E-state index contributed by atoms with van der Waals surface area (Å²) in [6.45, 7) is 0.0903. The predicted molar refractivity (Wildman–Crippen MR) is 91.2 cm³/mol. The lowest BCUT2D eigenvalue weighted by atomic mass is 9.96. The van der Waals surface area contributed by atoms with Crippen molar-refractivity contribution in [1.82, 2.24) is 16.1 Å². The predicted octanol–water partition coefficient (Wildman–Crippen LogP) is 3.17. The van der Waals surface area contributed by atoms with E-state index < -0.39 is 17.6 Å².